The third-order valence-corrected chi connectivity index (χ3v) is 4.79. The summed E-state index contributed by atoms with van der Waals surface area (Å²) in [6, 6.07) is 11.5. The first-order valence-electron chi connectivity index (χ1n) is 9.14. The number of pyridine rings is 1. The number of carbonyl (C=O) groups is 2. The summed E-state index contributed by atoms with van der Waals surface area (Å²) in [6.45, 7) is 1.43. The molecule has 1 aliphatic rings. The Morgan fingerprint density at radius 3 is 2.93 bits per heavy atom. The summed E-state index contributed by atoms with van der Waals surface area (Å²) in [5.41, 5.74) is 3.08. The number of rotatable bonds is 5. The van der Waals surface area contributed by atoms with Crippen molar-refractivity contribution in [1.82, 2.24) is 25.2 Å². The Hall–Kier alpha value is -3.22. The molecule has 1 unspecified atom stereocenters. The van der Waals surface area contributed by atoms with Crippen molar-refractivity contribution in [1.29, 1.82) is 0 Å². The number of amides is 2. The molecule has 1 saturated heterocycles. The Bertz CT molecular complexity index is 967. The van der Waals surface area contributed by atoms with E-state index in [-0.39, 0.29) is 11.8 Å². The maximum Gasteiger partial charge on any atom is 0.253 e. The van der Waals surface area contributed by atoms with Crippen LogP contribution in [0.3, 0.4) is 0 Å². The van der Waals surface area contributed by atoms with Crippen molar-refractivity contribution >= 4 is 23.0 Å². The van der Waals surface area contributed by atoms with Gasteiger partial charge in [-0.05, 0) is 30.9 Å². The van der Waals surface area contributed by atoms with E-state index in [1.807, 2.05) is 22.8 Å². The molecule has 0 bridgehead atoms. The fourth-order valence-electron chi connectivity index (χ4n) is 3.28. The molecule has 1 atom stereocenters. The zero-order valence-corrected chi connectivity index (χ0v) is 14.9. The van der Waals surface area contributed by atoms with Gasteiger partial charge < -0.3 is 15.2 Å². The standard InChI is InChI=1S/C20H21N5O2/c26-19(24-16-7-4-9-21-20(16)27)15-11-17-18(22-12-15)25(13-23-17)10-8-14-5-2-1-3-6-14/h1-3,5-6,11-13,16H,4,7-10H2,(H,21,27)(H,24,26). The first kappa shape index (κ1) is 17.2. The molecule has 0 radical (unpaired) electrons. The van der Waals surface area contributed by atoms with Crippen molar-refractivity contribution in [2.24, 2.45) is 0 Å². The largest absolute Gasteiger partial charge is 0.354 e. The zero-order valence-electron chi connectivity index (χ0n) is 14.9. The fourth-order valence-corrected chi connectivity index (χ4v) is 3.28. The summed E-state index contributed by atoms with van der Waals surface area (Å²) in [7, 11) is 0. The number of hydrogen-bond acceptors (Lipinski definition) is 4. The van der Waals surface area contributed by atoms with Crippen LogP contribution in [0.25, 0.3) is 11.2 Å². The van der Waals surface area contributed by atoms with Gasteiger partial charge in [0.25, 0.3) is 5.91 Å². The summed E-state index contributed by atoms with van der Waals surface area (Å²) >= 11 is 0. The second-order valence-electron chi connectivity index (χ2n) is 6.70. The van der Waals surface area contributed by atoms with E-state index in [0.29, 0.717) is 24.0 Å². The van der Waals surface area contributed by atoms with Gasteiger partial charge in [0.15, 0.2) is 5.65 Å². The lowest BCUT2D eigenvalue weighted by Gasteiger charge is -2.22. The highest BCUT2D eigenvalue weighted by atomic mass is 16.2. The van der Waals surface area contributed by atoms with Crippen LogP contribution in [0, 0.1) is 0 Å². The number of nitrogens with one attached hydrogen (secondary N) is 2. The van der Waals surface area contributed by atoms with Crippen molar-refractivity contribution < 1.29 is 9.59 Å². The van der Waals surface area contributed by atoms with Crippen molar-refractivity contribution in [3.63, 3.8) is 0 Å². The van der Waals surface area contributed by atoms with Gasteiger partial charge in [-0.1, -0.05) is 30.3 Å². The highest BCUT2D eigenvalue weighted by Gasteiger charge is 2.24. The van der Waals surface area contributed by atoms with E-state index in [0.717, 1.165) is 25.0 Å². The number of benzene rings is 1. The number of fused-ring (bicyclic) bond motifs is 1. The Kier molecular flexibility index (Phi) is 4.82. The molecular formula is C20H21N5O2. The first-order chi connectivity index (χ1) is 13.2. The van der Waals surface area contributed by atoms with E-state index in [2.05, 4.69) is 32.7 Å². The van der Waals surface area contributed by atoms with Crippen LogP contribution >= 0.6 is 0 Å². The molecule has 2 amide bonds. The Morgan fingerprint density at radius 2 is 2.11 bits per heavy atom. The number of aromatic nitrogens is 3. The highest BCUT2D eigenvalue weighted by molar-refractivity contribution is 5.99. The summed E-state index contributed by atoms with van der Waals surface area (Å²) < 4.78 is 1.98. The van der Waals surface area contributed by atoms with Crippen LogP contribution in [0.1, 0.15) is 28.8 Å². The molecule has 0 spiro atoms. The fraction of sp³-hybridized carbons (Fsp3) is 0.300. The number of hydrogen-bond donors (Lipinski definition) is 2. The van der Waals surface area contributed by atoms with Gasteiger partial charge in [0.1, 0.15) is 11.6 Å². The van der Waals surface area contributed by atoms with Gasteiger partial charge in [-0.3, -0.25) is 9.59 Å². The molecule has 138 valence electrons. The van der Waals surface area contributed by atoms with E-state index < -0.39 is 6.04 Å². The topological polar surface area (TPSA) is 88.9 Å². The van der Waals surface area contributed by atoms with Gasteiger partial charge in [-0.2, -0.15) is 0 Å². The predicted octanol–water partition coefficient (Wildman–Crippen LogP) is 1.68. The zero-order chi connectivity index (χ0) is 18.6. The Morgan fingerprint density at radius 1 is 1.26 bits per heavy atom. The van der Waals surface area contributed by atoms with Crippen molar-refractivity contribution in [3.8, 4) is 0 Å². The van der Waals surface area contributed by atoms with Crippen molar-refractivity contribution in [2.45, 2.75) is 31.8 Å². The highest BCUT2D eigenvalue weighted by Crippen LogP contribution is 2.14. The molecule has 2 aromatic heterocycles. The van der Waals surface area contributed by atoms with E-state index in [9.17, 15) is 9.59 Å². The monoisotopic (exact) mass is 363 g/mol. The molecule has 7 nitrogen and oxygen atoms in total. The van der Waals surface area contributed by atoms with Gasteiger partial charge in [0.2, 0.25) is 5.91 Å². The molecule has 7 heteroatoms. The van der Waals surface area contributed by atoms with Gasteiger partial charge in [0.05, 0.1) is 11.9 Å². The van der Waals surface area contributed by atoms with Crippen LogP contribution < -0.4 is 10.6 Å². The van der Waals surface area contributed by atoms with Crippen LogP contribution in [-0.4, -0.2) is 38.9 Å². The lowest BCUT2D eigenvalue weighted by Crippen LogP contribution is -2.50. The third kappa shape index (κ3) is 3.81. The average Bonchev–Trinajstić information content (AvgIpc) is 3.11. The number of aryl methyl sites for hydroxylation is 2. The van der Waals surface area contributed by atoms with E-state index in [1.165, 1.54) is 5.56 Å². The number of imidazole rings is 1. The number of nitrogens with zero attached hydrogens (tertiary/aromatic N) is 3. The molecule has 2 N–H and O–H groups in total. The lowest BCUT2D eigenvalue weighted by atomic mass is 10.1. The van der Waals surface area contributed by atoms with Crippen molar-refractivity contribution in [2.75, 3.05) is 6.54 Å². The van der Waals surface area contributed by atoms with Crippen LogP contribution in [0.4, 0.5) is 0 Å². The second-order valence-corrected chi connectivity index (χ2v) is 6.70. The van der Waals surface area contributed by atoms with Crippen LogP contribution in [-0.2, 0) is 17.8 Å². The van der Waals surface area contributed by atoms with Gasteiger partial charge in [-0.15, -0.1) is 0 Å². The quantitative estimate of drug-likeness (QED) is 0.722. The van der Waals surface area contributed by atoms with E-state index in [4.69, 9.17) is 0 Å². The minimum atomic E-state index is -0.481. The average molecular weight is 363 g/mol. The molecule has 1 fully saturated rings. The molecule has 0 saturated carbocycles. The van der Waals surface area contributed by atoms with Crippen LogP contribution in [0.15, 0.2) is 48.9 Å². The van der Waals surface area contributed by atoms with Gasteiger partial charge >= 0.3 is 0 Å². The number of piperidine rings is 1. The van der Waals surface area contributed by atoms with E-state index in [1.54, 1.807) is 18.6 Å². The summed E-state index contributed by atoms with van der Waals surface area (Å²) in [4.78, 5) is 33.1. The van der Waals surface area contributed by atoms with E-state index >= 15 is 0 Å². The minimum absolute atomic E-state index is 0.131. The summed E-state index contributed by atoms with van der Waals surface area (Å²) in [5.74, 6) is -0.431. The third-order valence-electron chi connectivity index (χ3n) is 4.79. The summed E-state index contributed by atoms with van der Waals surface area (Å²) in [6.07, 6.45) is 5.68. The molecule has 1 aliphatic heterocycles. The molecule has 1 aromatic carbocycles. The van der Waals surface area contributed by atoms with Gasteiger partial charge in [0, 0.05) is 19.3 Å². The molecular weight excluding hydrogens is 342 g/mol. The molecule has 3 aromatic rings. The first-order valence-corrected chi connectivity index (χ1v) is 9.14. The Balaban J connectivity index is 1.46. The van der Waals surface area contributed by atoms with Crippen molar-refractivity contribution in [3.05, 3.63) is 60.0 Å². The SMILES string of the molecule is O=C(NC1CCCNC1=O)c1cnc2c(c1)ncn2CCc1ccccc1. The molecule has 27 heavy (non-hydrogen) atoms. The van der Waals surface area contributed by atoms with Crippen LogP contribution in [0.2, 0.25) is 0 Å². The molecule has 0 aliphatic carbocycles. The smallest absolute Gasteiger partial charge is 0.253 e. The van der Waals surface area contributed by atoms with Gasteiger partial charge in [-0.25, -0.2) is 9.97 Å². The summed E-state index contributed by atoms with van der Waals surface area (Å²) in [5, 5.41) is 5.54. The molecule has 3 heterocycles. The second kappa shape index (κ2) is 7.57. The maximum absolute atomic E-state index is 12.5. The molecule has 4 rings (SSSR count). The van der Waals surface area contributed by atoms with Crippen LogP contribution in [0.5, 0.6) is 0 Å². The normalized spacial score (nSPS) is 16.9. The number of carbonyl (C=O) groups excluding carboxylic acids is 2. The Labute approximate surface area is 156 Å². The minimum Gasteiger partial charge on any atom is -0.354 e. The lowest BCUT2D eigenvalue weighted by molar-refractivity contribution is -0.124. The predicted molar refractivity (Wildman–Crippen MR) is 101 cm³/mol. The maximum atomic E-state index is 12.5.